The first-order chi connectivity index (χ1) is 5.15. The molecule has 0 amide bonds. The van der Waals surface area contributed by atoms with Gasteiger partial charge in [0.1, 0.15) is 6.04 Å². The van der Waals surface area contributed by atoms with Crippen LogP contribution in [-0.2, 0) is 4.79 Å². The molecule has 1 saturated heterocycles. The van der Waals surface area contributed by atoms with E-state index < -0.39 is 5.97 Å². The van der Waals surface area contributed by atoms with Crippen LogP contribution in [0.1, 0.15) is 19.8 Å². The molecule has 2 atom stereocenters. The second-order valence-electron chi connectivity index (χ2n) is 3.30. The maximum atomic E-state index is 10.6. The van der Waals surface area contributed by atoms with E-state index in [4.69, 9.17) is 5.11 Å². The van der Waals surface area contributed by atoms with Crippen LogP contribution < -0.4 is 0 Å². The van der Waals surface area contributed by atoms with E-state index in [2.05, 4.69) is 6.92 Å². The van der Waals surface area contributed by atoms with Crippen LogP contribution in [0.25, 0.3) is 0 Å². The van der Waals surface area contributed by atoms with E-state index in [-0.39, 0.29) is 6.04 Å². The first kappa shape index (κ1) is 8.53. The molecule has 1 aliphatic heterocycles. The summed E-state index contributed by atoms with van der Waals surface area (Å²) in [5.74, 6) is -0.0930. The Labute approximate surface area is 67.0 Å². The topological polar surface area (TPSA) is 40.5 Å². The molecule has 0 unspecified atom stereocenters. The molecule has 0 radical (unpaired) electrons. The van der Waals surface area contributed by atoms with Gasteiger partial charge in [-0.1, -0.05) is 13.3 Å². The molecular weight excluding hydrogens is 142 g/mol. The van der Waals surface area contributed by atoms with Crippen LogP contribution in [0.4, 0.5) is 0 Å². The van der Waals surface area contributed by atoms with Crippen molar-refractivity contribution >= 4 is 5.97 Å². The molecule has 0 spiro atoms. The Bertz CT molecular complexity index is 158. The smallest absolute Gasteiger partial charge is 0.320 e. The van der Waals surface area contributed by atoms with E-state index in [1.54, 1.807) is 0 Å². The summed E-state index contributed by atoms with van der Waals surface area (Å²) in [6.45, 7) is 3.05. The molecule has 1 fully saturated rings. The Morgan fingerprint density at radius 3 is 2.64 bits per heavy atom. The van der Waals surface area contributed by atoms with Gasteiger partial charge < -0.3 is 5.11 Å². The zero-order valence-electron chi connectivity index (χ0n) is 7.08. The number of likely N-dealkylation sites (N-methyl/N-ethyl adjacent to an activating group) is 1. The highest BCUT2D eigenvalue weighted by atomic mass is 16.4. The summed E-state index contributed by atoms with van der Waals surface area (Å²) in [6.07, 6.45) is 1.91. The Kier molecular flexibility index (Phi) is 2.49. The maximum absolute atomic E-state index is 10.6. The number of likely N-dealkylation sites (tertiary alicyclic amines) is 1. The highest BCUT2D eigenvalue weighted by molar-refractivity contribution is 5.73. The summed E-state index contributed by atoms with van der Waals surface area (Å²) in [4.78, 5) is 12.6. The van der Waals surface area contributed by atoms with Crippen molar-refractivity contribution in [2.24, 2.45) is 5.92 Å². The summed E-state index contributed by atoms with van der Waals surface area (Å²) in [7, 11) is 1.88. The average Bonchev–Trinajstić information content (AvgIpc) is 2.30. The molecule has 0 bridgehead atoms. The monoisotopic (exact) mass is 157 g/mol. The minimum Gasteiger partial charge on any atom is -0.480 e. The van der Waals surface area contributed by atoms with Crippen LogP contribution in [0.15, 0.2) is 0 Å². The highest BCUT2D eigenvalue weighted by Crippen LogP contribution is 2.23. The summed E-state index contributed by atoms with van der Waals surface area (Å²) in [6, 6.07) is -0.236. The van der Waals surface area contributed by atoms with Gasteiger partial charge in [-0.3, -0.25) is 9.69 Å². The Morgan fingerprint density at radius 1 is 1.73 bits per heavy atom. The summed E-state index contributed by atoms with van der Waals surface area (Å²) in [5, 5.41) is 8.76. The van der Waals surface area contributed by atoms with E-state index >= 15 is 0 Å². The van der Waals surface area contributed by atoms with Crippen molar-refractivity contribution in [1.29, 1.82) is 0 Å². The molecule has 1 N–H and O–H groups in total. The SMILES string of the molecule is CC[C@H]1C[C@@H](C(=O)O)N(C)C1. The molecule has 0 aromatic carbocycles. The fourth-order valence-electron chi connectivity index (χ4n) is 1.69. The van der Waals surface area contributed by atoms with Crippen molar-refractivity contribution in [3.63, 3.8) is 0 Å². The lowest BCUT2D eigenvalue weighted by Crippen LogP contribution is -2.32. The van der Waals surface area contributed by atoms with E-state index in [9.17, 15) is 4.79 Å². The third kappa shape index (κ3) is 1.71. The number of aliphatic carboxylic acids is 1. The van der Waals surface area contributed by atoms with Crippen molar-refractivity contribution in [2.75, 3.05) is 13.6 Å². The second kappa shape index (κ2) is 3.22. The standard InChI is InChI=1S/C8H15NO2/c1-3-6-4-7(8(10)11)9(2)5-6/h6-7H,3-5H2,1-2H3,(H,10,11)/t6-,7-/m0/s1. The summed E-state index contributed by atoms with van der Waals surface area (Å²) < 4.78 is 0. The molecule has 1 aliphatic rings. The fourth-order valence-corrected chi connectivity index (χ4v) is 1.69. The van der Waals surface area contributed by atoms with Crippen molar-refractivity contribution < 1.29 is 9.90 Å². The molecule has 3 heteroatoms. The van der Waals surface area contributed by atoms with E-state index in [0.717, 1.165) is 19.4 Å². The van der Waals surface area contributed by atoms with Gasteiger partial charge in [-0.2, -0.15) is 0 Å². The summed E-state index contributed by atoms with van der Waals surface area (Å²) in [5.41, 5.74) is 0. The first-order valence-electron chi connectivity index (χ1n) is 4.08. The Hall–Kier alpha value is -0.570. The molecule has 64 valence electrons. The zero-order valence-corrected chi connectivity index (χ0v) is 7.08. The molecule has 0 aromatic rings. The third-order valence-electron chi connectivity index (χ3n) is 2.50. The van der Waals surface area contributed by atoms with Gasteiger partial charge in [0.05, 0.1) is 0 Å². The van der Waals surface area contributed by atoms with E-state index in [0.29, 0.717) is 5.92 Å². The predicted molar refractivity (Wildman–Crippen MR) is 42.5 cm³/mol. The van der Waals surface area contributed by atoms with Gasteiger partial charge in [-0.05, 0) is 19.4 Å². The molecule has 3 nitrogen and oxygen atoms in total. The minimum atomic E-state index is -0.677. The van der Waals surface area contributed by atoms with Crippen LogP contribution in [-0.4, -0.2) is 35.6 Å². The number of carboxylic acids is 1. The molecule has 1 rings (SSSR count). The molecular formula is C8H15NO2. The largest absolute Gasteiger partial charge is 0.480 e. The molecule has 0 saturated carbocycles. The lowest BCUT2D eigenvalue weighted by atomic mass is 10.0. The molecule has 1 heterocycles. The van der Waals surface area contributed by atoms with Gasteiger partial charge in [-0.25, -0.2) is 0 Å². The predicted octanol–water partition coefficient (Wildman–Crippen LogP) is 0.801. The summed E-state index contributed by atoms with van der Waals surface area (Å²) >= 11 is 0. The first-order valence-corrected chi connectivity index (χ1v) is 4.08. The van der Waals surface area contributed by atoms with E-state index in [1.165, 1.54) is 0 Å². The fraction of sp³-hybridized carbons (Fsp3) is 0.875. The van der Waals surface area contributed by atoms with Crippen LogP contribution in [0.5, 0.6) is 0 Å². The van der Waals surface area contributed by atoms with Crippen LogP contribution in [0, 0.1) is 5.92 Å². The highest BCUT2D eigenvalue weighted by Gasteiger charge is 2.32. The number of nitrogens with zero attached hydrogens (tertiary/aromatic N) is 1. The van der Waals surface area contributed by atoms with Crippen LogP contribution in [0.3, 0.4) is 0 Å². The van der Waals surface area contributed by atoms with Gasteiger partial charge in [-0.15, -0.1) is 0 Å². The van der Waals surface area contributed by atoms with Crippen molar-refractivity contribution in [3.05, 3.63) is 0 Å². The van der Waals surface area contributed by atoms with Crippen molar-refractivity contribution in [1.82, 2.24) is 4.90 Å². The normalized spacial score (nSPS) is 32.5. The van der Waals surface area contributed by atoms with Crippen LogP contribution in [0.2, 0.25) is 0 Å². The van der Waals surface area contributed by atoms with Gasteiger partial charge >= 0.3 is 5.97 Å². The van der Waals surface area contributed by atoms with E-state index in [1.807, 2.05) is 11.9 Å². The zero-order chi connectivity index (χ0) is 8.43. The second-order valence-corrected chi connectivity index (χ2v) is 3.30. The number of carbonyl (C=O) groups is 1. The Morgan fingerprint density at radius 2 is 2.36 bits per heavy atom. The molecule has 11 heavy (non-hydrogen) atoms. The number of hydrogen-bond acceptors (Lipinski definition) is 2. The molecule has 0 aliphatic carbocycles. The quantitative estimate of drug-likeness (QED) is 0.644. The van der Waals surface area contributed by atoms with Crippen LogP contribution >= 0.6 is 0 Å². The maximum Gasteiger partial charge on any atom is 0.320 e. The third-order valence-corrected chi connectivity index (χ3v) is 2.50. The van der Waals surface area contributed by atoms with Crippen molar-refractivity contribution in [2.45, 2.75) is 25.8 Å². The lowest BCUT2D eigenvalue weighted by molar-refractivity contribution is -0.141. The number of rotatable bonds is 2. The van der Waals surface area contributed by atoms with Gasteiger partial charge in [0.25, 0.3) is 0 Å². The van der Waals surface area contributed by atoms with Crippen molar-refractivity contribution in [3.8, 4) is 0 Å². The van der Waals surface area contributed by atoms with Gasteiger partial charge in [0, 0.05) is 6.54 Å². The van der Waals surface area contributed by atoms with Gasteiger partial charge in [0.15, 0.2) is 0 Å². The Balaban J connectivity index is 2.51. The molecule has 0 aromatic heterocycles. The average molecular weight is 157 g/mol. The number of hydrogen-bond donors (Lipinski definition) is 1. The minimum absolute atomic E-state index is 0.236. The lowest BCUT2D eigenvalue weighted by Gasteiger charge is -2.13. The number of carboxylic acid groups (broad SMARTS) is 1. The van der Waals surface area contributed by atoms with Gasteiger partial charge in [0.2, 0.25) is 0 Å².